The van der Waals surface area contributed by atoms with Crippen molar-refractivity contribution < 1.29 is 4.42 Å². The molecule has 1 aromatic heterocycles. The summed E-state index contributed by atoms with van der Waals surface area (Å²) in [7, 11) is 0. The molecule has 1 rings (SSSR count). The summed E-state index contributed by atoms with van der Waals surface area (Å²) in [4.78, 5) is 0. The SMILES string of the molecule is CCCNC(c1ccc(C)o1)C(C)C(C)C. The molecule has 1 aromatic rings. The third-order valence-electron chi connectivity index (χ3n) is 3.26. The number of hydrogen-bond acceptors (Lipinski definition) is 2. The first-order valence-corrected chi connectivity index (χ1v) is 6.36. The highest BCUT2D eigenvalue weighted by Crippen LogP contribution is 2.28. The zero-order valence-electron chi connectivity index (χ0n) is 11.2. The van der Waals surface area contributed by atoms with Gasteiger partial charge in [-0.3, -0.25) is 0 Å². The largest absolute Gasteiger partial charge is 0.465 e. The van der Waals surface area contributed by atoms with Gasteiger partial charge in [-0.05, 0) is 43.9 Å². The van der Waals surface area contributed by atoms with E-state index in [0.717, 1.165) is 24.5 Å². The van der Waals surface area contributed by atoms with E-state index in [-0.39, 0.29) is 0 Å². The molecule has 0 amide bonds. The highest BCUT2D eigenvalue weighted by molar-refractivity contribution is 5.10. The van der Waals surface area contributed by atoms with Gasteiger partial charge in [-0.25, -0.2) is 0 Å². The second kappa shape index (κ2) is 6.09. The Labute approximate surface area is 99.4 Å². The van der Waals surface area contributed by atoms with E-state index in [1.807, 2.05) is 13.0 Å². The Morgan fingerprint density at radius 1 is 1.25 bits per heavy atom. The maximum absolute atomic E-state index is 5.75. The van der Waals surface area contributed by atoms with Crippen molar-refractivity contribution in [1.29, 1.82) is 0 Å². The smallest absolute Gasteiger partial charge is 0.121 e. The zero-order chi connectivity index (χ0) is 12.1. The van der Waals surface area contributed by atoms with E-state index in [9.17, 15) is 0 Å². The van der Waals surface area contributed by atoms with Gasteiger partial charge in [-0.1, -0.05) is 27.7 Å². The predicted molar refractivity (Wildman–Crippen MR) is 68.5 cm³/mol. The van der Waals surface area contributed by atoms with Gasteiger partial charge >= 0.3 is 0 Å². The van der Waals surface area contributed by atoms with Crippen molar-refractivity contribution in [2.75, 3.05) is 6.54 Å². The van der Waals surface area contributed by atoms with Crippen molar-refractivity contribution in [1.82, 2.24) is 5.32 Å². The Morgan fingerprint density at radius 2 is 1.94 bits per heavy atom. The first-order chi connectivity index (χ1) is 7.56. The van der Waals surface area contributed by atoms with Crippen LogP contribution in [0.4, 0.5) is 0 Å². The monoisotopic (exact) mass is 223 g/mol. The van der Waals surface area contributed by atoms with Gasteiger partial charge in [0, 0.05) is 0 Å². The first kappa shape index (κ1) is 13.3. The standard InChI is InChI=1S/C14H25NO/c1-6-9-15-14(12(5)10(2)3)13-8-7-11(4)16-13/h7-8,10,12,14-15H,6,9H2,1-5H3. The lowest BCUT2D eigenvalue weighted by molar-refractivity contribution is 0.265. The molecule has 0 fully saturated rings. The van der Waals surface area contributed by atoms with E-state index in [4.69, 9.17) is 4.42 Å². The molecule has 1 heterocycles. The summed E-state index contributed by atoms with van der Waals surface area (Å²) in [6.45, 7) is 12.1. The molecule has 16 heavy (non-hydrogen) atoms. The van der Waals surface area contributed by atoms with E-state index in [1.54, 1.807) is 0 Å². The number of nitrogens with one attached hydrogen (secondary N) is 1. The van der Waals surface area contributed by atoms with Gasteiger partial charge in [0.1, 0.15) is 11.5 Å². The van der Waals surface area contributed by atoms with E-state index < -0.39 is 0 Å². The Morgan fingerprint density at radius 3 is 2.38 bits per heavy atom. The van der Waals surface area contributed by atoms with Crippen molar-refractivity contribution in [2.24, 2.45) is 11.8 Å². The van der Waals surface area contributed by atoms with Crippen LogP contribution in [0.3, 0.4) is 0 Å². The highest BCUT2D eigenvalue weighted by Gasteiger charge is 2.23. The normalized spacial score (nSPS) is 15.4. The van der Waals surface area contributed by atoms with Crippen molar-refractivity contribution in [2.45, 2.75) is 47.1 Å². The van der Waals surface area contributed by atoms with Crippen molar-refractivity contribution in [3.63, 3.8) is 0 Å². The molecule has 0 spiro atoms. The van der Waals surface area contributed by atoms with Crippen molar-refractivity contribution >= 4 is 0 Å². The van der Waals surface area contributed by atoms with Crippen LogP contribution in [0.2, 0.25) is 0 Å². The Kier molecular flexibility index (Phi) is 5.07. The van der Waals surface area contributed by atoms with Crippen LogP contribution < -0.4 is 5.32 Å². The van der Waals surface area contributed by atoms with Crippen LogP contribution in [-0.2, 0) is 0 Å². The van der Waals surface area contributed by atoms with Gasteiger partial charge in [0.2, 0.25) is 0 Å². The summed E-state index contributed by atoms with van der Waals surface area (Å²) in [5.74, 6) is 3.30. The van der Waals surface area contributed by atoms with Crippen LogP contribution in [0.15, 0.2) is 16.5 Å². The molecule has 0 saturated carbocycles. The molecule has 0 saturated heterocycles. The summed E-state index contributed by atoms with van der Waals surface area (Å²) >= 11 is 0. The molecule has 2 heteroatoms. The van der Waals surface area contributed by atoms with Gasteiger partial charge in [0.15, 0.2) is 0 Å². The Hall–Kier alpha value is -0.760. The molecule has 0 aliphatic heterocycles. The van der Waals surface area contributed by atoms with E-state index >= 15 is 0 Å². The predicted octanol–water partition coefficient (Wildman–Crippen LogP) is 3.92. The number of hydrogen-bond donors (Lipinski definition) is 1. The molecular formula is C14H25NO. The minimum Gasteiger partial charge on any atom is -0.465 e. The summed E-state index contributed by atoms with van der Waals surface area (Å²) in [5, 5.41) is 3.59. The molecule has 92 valence electrons. The Bertz CT molecular complexity index is 303. The topological polar surface area (TPSA) is 25.2 Å². The lowest BCUT2D eigenvalue weighted by Crippen LogP contribution is -2.29. The second-order valence-electron chi connectivity index (χ2n) is 4.98. The third-order valence-corrected chi connectivity index (χ3v) is 3.26. The average Bonchev–Trinajstić information content (AvgIpc) is 2.65. The molecule has 0 bridgehead atoms. The van der Waals surface area contributed by atoms with Gasteiger partial charge in [-0.15, -0.1) is 0 Å². The fourth-order valence-electron chi connectivity index (χ4n) is 1.85. The number of rotatable bonds is 6. The minimum atomic E-state index is 0.341. The number of furan rings is 1. The molecule has 0 radical (unpaired) electrons. The van der Waals surface area contributed by atoms with E-state index in [1.165, 1.54) is 0 Å². The third kappa shape index (κ3) is 3.38. The van der Waals surface area contributed by atoms with Crippen LogP contribution in [-0.4, -0.2) is 6.54 Å². The molecular weight excluding hydrogens is 198 g/mol. The van der Waals surface area contributed by atoms with Crippen molar-refractivity contribution in [3.8, 4) is 0 Å². The maximum atomic E-state index is 5.75. The highest BCUT2D eigenvalue weighted by atomic mass is 16.3. The summed E-state index contributed by atoms with van der Waals surface area (Å²) in [5.41, 5.74) is 0. The van der Waals surface area contributed by atoms with Crippen LogP contribution in [0.5, 0.6) is 0 Å². The molecule has 1 N–H and O–H groups in total. The lowest BCUT2D eigenvalue weighted by Gasteiger charge is -2.26. The molecule has 0 aromatic carbocycles. The van der Waals surface area contributed by atoms with Gasteiger partial charge in [-0.2, -0.15) is 0 Å². The first-order valence-electron chi connectivity index (χ1n) is 6.36. The average molecular weight is 223 g/mol. The summed E-state index contributed by atoms with van der Waals surface area (Å²) in [6, 6.07) is 4.48. The van der Waals surface area contributed by atoms with Gasteiger partial charge < -0.3 is 9.73 Å². The lowest BCUT2D eigenvalue weighted by atomic mass is 9.89. The minimum absolute atomic E-state index is 0.341. The van der Waals surface area contributed by atoms with Crippen LogP contribution in [0, 0.1) is 18.8 Å². The fraction of sp³-hybridized carbons (Fsp3) is 0.714. The van der Waals surface area contributed by atoms with E-state index in [2.05, 4.69) is 39.1 Å². The molecule has 2 unspecified atom stereocenters. The van der Waals surface area contributed by atoms with Crippen LogP contribution in [0.25, 0.3) is 0 Å². The van der Waals surface area contributed by atoms with Crippen LogP contribution in [0.1, 0.15) is 51.7 Å². The summed E-state index contributed by atoms with van der Waals surface area (Å²) in [6.07, 6.45) is 1.15. The second-order valence-corrected chi connectivity index (χ2v) is 4.98. The quantitative estimate of drug-likeness (QED) is 0.790. The fourth-order valence-corrected chi connectivity index (χ4v) is 1.85. The zero-order valence-corrected chi connectivity index (χ0v) is 11.2. The molecule has 2 atom stereocenters. The maximum Gasteiger partial charge on any atom is 0.121 e. The molecule has 2 nitrogen and oxygen atoms in total. The van der Waals surface area contributed by atoms with E-state index in [0.29, 0.717) is 17.9 Å². The van der Waals surface area contributed by atoms with Gasteiger partial charge in [0.25, 0.3) is 0 Å². The van der Waals surface area contributed by atoms with Gasteiger partial charge in [0.05, 0.1) is 6.04 Å². The number of aryl methyl sites for hydroxylation is 1. The van der Waals surface area contributed by atoms with Crippen LogP contribution >= 0.6 is 0 Å². The molecule has 0 aliphatic carbocycles. The summed E-state index contributed by atoms with van der Waals surface area (Å²) < 4.78 is 5.75. The molecule has 0 aliphatic rings. The van der Waals surface area contributed by atoms with Crippen molar-refractivity contribution in [3.05, 3.63) is 23.7 Å². The Balaban J connectivity index is 2.78.